The molecule has 9 heteroatoms. The van der Waals surface area contributed by atoms with Gasteiger partial charge in [-0.15, -0.1) is 12.4 Å². The number of rotatable bonds is 4. The second-order valence-electron chi connectivity index (χ2n) is 5.48. The van der Waals surface area contributed by atoms with E-state index in [2.05, 4.69) is 4.72 Å². The molecule has 0 saturated heterocycles. The summed E-state index contributed by atoms with van der Waals surface area (Å²) in [5, 5.41) is 0. The van der Waals surface area contributed by atoms with E-state index in [0.29, 0.717) is 12.8 Å². The van der Waals surface area contributed by atoms with E-state index in [1.807, 2.05) is 0 Å². The van der Waals surface area contributed by atoms with Crippen LogP contribution in [0.1, 0.15) is 25.7 Å². The molecule has 0 spiro atoms. The van der Waals surface area contributed by atoms with Crippen LogP contribution in [0.2, 0.25) is 0 Å². The third kappa shape index (κ3) is 4.92. The first-order chi connectivity index (χ1) is 9.68. The average Bonchev–Trinajstić information content (AvgIpc) is 2.40. The maximum absolute atomic E-state index is 12.3. The lowest BCUT2D eigenvalue weighted by molar-refractivity contribution is 0.373. The number of benzene rings is 1. The lowest BCUT2D eigenvalue weighted by Crippen LogP contribution is -2.40. The first-order valence-corrected chi connectivity index (χ1v) is 10.1. The van der Waals surface area contributed by atoms with Crippen molar-refractivity contribution in [2.75, 3.05) is 6.26 Å². The molecule has 0 aromatic heterocycles. The Morgan fingerprint density at radius 2 is 1.59 bits per heavy atom. The number of sulfonamides is 1. The largest absolute Gasteiger partial charge is 0.328 e. The van der Waals surface area contributed by atoms with Crippen molar-refractivity contribution < 1.29 is 16.8 Å². The Morgan fingerprint density at radius 3 is 2.14 bits per heavy atom. The fraction of sp³-hybridized carbons (Fsp3) is 0.538. The number of hydrogen-bond acceptors (Lipinski definition) is 5. The molecule has 3 N–H and O–H groups in total. The minimum Gasteiger partial charge on any atom is -0.328 e. The zero-order valence-electron chi connectivity index (χ0n) is 12.2. The molecule has 0 amide bonds. The van der Waals surface area contributed by atoms with E-state index in [9.17, 15) is 16.8 Å². The standard InChI is InChI=1S/C13H20N2O4S2.ClH/c1-20(16,17)12-3-2-4-13(9-12)21(18,19)15-11-7-5-10(14)6-8-11;/h2-4,9-11,15H,5-8,14H2,1H3;1H. The van der Waals surface area contributed by atoms with Crippen molar-refractivity contribution in [3.8, 4) is 0 Å². The van der Waals surface area contributed by atoms with Crippen LogP contribution in [0.15, 0.2) is 34.1 Å². The van der Waals surface area contributed by atoms with E-state index in [1.165, 1.54) is 24.3 Å². The first-order valence-electron chi connectivity index (χ1n) is 6.76. The molecule has 1 saturated carbocycles. The molecule has 1 aliphatic rings. The lowest BCUT2D eigenvalue weighted by atomic mass is 9.93. The Hall–Kier alpha value is -0.670. The Kier molecular flexibility index (Phi) is 6.40. The lowest BCUT2D eigenvalue weighted by Gasteiger charge is -2.26. The number of hydrogen-bond donors (Lipinski definition) is 2. The van der Waals surface area contributed by atoms with Gasteiger partial charge in [-0.25, -0.2) is 21.6 Å². The molecule has 1 aliphatic carbocycles. The van der Waals surface area contributed by atoms with Crippen LogP contribution >= 0.6 is 12.4 Å². The van der Waals surface area contributed by atoms with E-state index in [4.69, 9.17) is 5.73 Å². The fourth-order valence-corrected chi connectivity index (χ4v) is 4.49. The van der Waals surface area contributed by atoms with Crippen LogP contribution in [0.5, 0.6) is 0 Å². The second kappa shape index (κ2) is 7.27. The first kappa shape index (κ1) is 19.4. The van der Waals surface area contributed by atoms with Crippen molar-refractivity contribution in [2.24, 2.45) is 5.73 Å². The summed E-state index contributed by atoms with van der Waals surface area (Å²) in [6.07, 6.45) is 4.03. The van der Waals surface area contributed by atoms with E-state index >= 15 is 0 Å². The molecule has 6 nitrogen and oxygen atoms in total. The van der Waals surface area contributed by atoms with Crippen LogP contribution in [0.25, 0.3) is 0 Å². The summed E-state index contributed by atoms with van der Waals surface area (Å²) in [4.78, 5) is -0.0312. The van der Waals surface area contributed by atoms with Gasteiger partial charge >= 0.3 is 0 Å². The van der Waals surface area contributed by atoms with Crippen molar-refractivity contribution in [3.63, 3.8) is 0 Å². The molecule has 0 radical (unpaired) electrons. The molecular weight excluding hydrogens is 348 g/mol. The van der Waals surface area contributed by atoms with E-state index in [1.54, 1.807) is 0 Å². The van der Waals surface area contributed by atoms with Gasteiger partial charge in [-0.3, -0.25) is 0 Å². The van der Waals surface area contributed by atoms with E-state index in [0.717, 1.165) is 19.1 Å². The molecule has 0 atom stereocenters. The fourth-order valence-electron chi connectivity index (χ4n) is 2.40. The highest BCUT2D eigenvalue weighted by molar-refractivity contribution is 7.91. The molecule has 1 aromatic carbocycles. The van der Waals surface area contributed by atoms with Gasteiger partial charge in [0.25, 0.3) is 0 Å². The topological polar surface area (TPSA) is 106 Å². The SMILES string of the molecule is CS(=O)(=O)c1cccc(S(=O)(=O)NC2CCC(N)CC2)c1.Cl. The van der Waals surface area contributed by atoms with Crippen molar-refractivity contribution in [3.05, 3.63) is 24.3 Å². The minimum absolute atomic E-state index is 0. The van der Waals surface area contributed by atoms with Gasteiger partial charge in [-0.1, -0.05) is 6.07 Å². The summed E-state index contributed by atoms with van der Waals surface area (Å²) < 4.78 is 50.3. The normalized spacial score (nSPS) is 22.8. The second-order valence-corrected chi connectivity index (χ2v) is 9.21. The molecule has 1 aromatic rings. The van der Waals surface area contributed by atoms with E-state index in [-0.39, 0.29) is 34.3 Å². The molecule has 126 valence electrons. The summed E-state index contributed by atoms with van der Waals surface area (Å²) in [5.74, 6) is 0. The third-order valence-corrected chi connectivity index (χ3v) is 6.27. The zero-order valence-corrected chi connectivity index (χ0v) is 14.7. The molecule has 22 heavy (non-hydrogen) atoms. The smallest absolute Gasteiger partial charge is 0.240 e. The maximum atomic E-state index is 12.3. The van der Waals surface area contributed by atoms with Gasteiger partial charge in [0.05, 0.1) is 9.79 Å². The Morgan fingerprint density at radius 1 is 1.05 bits per heavy atom. The van der Waals surface area contributed by atoms with Gasteiger partial charge in [0, 0.05) is 18.3 Å². The van der Waals surface area contributed by atoms with Crippen LogP contribution in [-0.4, -0.2) is 35.2 Å². The predicted molar refractivity (Wildman–Crippen MR) is 87.4 cm³/mol. The van der Waals surface area contributed by atoms with Gasteiger partial charge in [0.15, 0.2) is 9.84 Å². The van der Waals surface area contributed by atoms with E-state index < -0.39 is 19.9 Å². The molecule has 0 bridgehead atoms. The molecule has 0 unspecified atom stereocenters. The van der Waals surface area contributed by atoms with Crippen LogP contribution < -0.4 is 10.5 Å². The van der Waals surface area contributed by atoms with Crippen molar-refractivity contribution in [2.45, 2.75) is 47.6 Å². The van der Waals surface area contributed by atoms with Crippen LogP contribution in [-0.2, 0) is 19.9 Å². The van der Waals surface area contributed by atoms with Crippen molar-refractivity contribution in [1.29, 1.82) is 0 Å². The summed E-state index contributed by atoms with van der Waals surface area (Å²) >= 11 is 0. The minimum atomic E-state index is -3.72. The molecule has 0 aliphatic heterocycles. The number of nitrogens with two attached hydrogens (primary N) is 1. The molecular formula is C13H21ClN2O4S2. The summed E-state index contributed by atoms with van der Waals surface area (Å²) in [7, 11) is -7.15. The average molecular weight is 369 g/mol. The number of sulfone groups is 1. The highest BCUT2D eigenvalue weighted by atomic mass is 35.5. The van der Waals surface area contributed by atoms with Crippen LogP contribution in [0, 0.1) is 0 Å². The predicted octanol–water partition coefficient (Wildman–Crippen LogP) is 1.06. The monoisotopic (exact) mass is 368 g/mol. The number of nitrogens with one attached hydrogen (secondary N) is 1. The van der Waals surface area contributed by atoms with Gasteiger partial charge < -0.3 is 5.73 Å². The van der Waals surface area contributed by atoms with Gasteiger partial charge in [-0.2, -0.15) is 0 Å². The third-order valence-electron chi connectivity index (χ3n) is 3.64. The number of halogens is 1. The van der Waals surface area contributed by atoms with Crippen molar-refractivity contribution >= 4 is 32.3 Å². The Labute approximate surface area is 137 Å². The van der Waals surface area contributed by atoms with Gasteiger partial charge in [-0.05, 0) is 43.9 Å². The van der Waals surface area contributed by atoms with Gasteiger partial charge in [0.2, 0.25) is 10.0 Å². The summed E-state index contributed by atoms with van der Waals surface area (Å²) in [6, 6.07) is 5.39. The highest BCUT2D eigenvalue weighted by Gasteiger charge is 2.25. The molecule has 0 heterocycles. The zero-order chi connectivity index (χ0) is 15.7. The summed E-state index contributed by atoms with van der Waals surface area (Å²) in [5.41, 5.74) is 5.80. The van der Waals surface area contributed by atoms with Crippen LogP contribution in [0.3, 0.4) is 0 Å². The highest BCUT2D eigenvalue weighted by Crippen LogP contribution is 2.21. The maximum Gasteiger partial charge on any atom is 0.240 e. The molecule has 1 fully saturated rings. The quantitative estimate of drug-likeness (QED) is 0.826. The molecule has 2 rings (SSSR count). The summed E-state index contributed by atoms with van der Waals surface area (Å²) in [6.45, 7) is 0. The Bertz CT molecular complexity index is 711. The van der Waals surface area contributed by atoms with Crippen LogP contribution in [0.4, 0.5) is 0 Å². The van der Waals surface area contributed by atoms with Crippen molar-refractivity contribution in [1.82, 2.24) is 4.72 Å². The van der Waals surface area contributed by atoms with Gasteiger partial charge in [0.1, 0.15) is 0 Å². The Balaban J connectivity index is 0.00000242.